The molecule has 0 aromatic carbocycles. The average Bonchev–Trinajstić information content (AvgIpc) is 1.84. The summed E-state index contributed by atoms with van der Waals surface area (Å²) in [6.45, 7) is 0. The lowest BCUT2D eigenvalue weighted by atomic mass is 10.3. The number of rotatable bonds is 3. The van der Waals surface area contributed by atoms with Crippen LogP contribution in [0.4, 0.5) is 0 Å². The number of aliphatic hydroxyl groups excluding tert-OH is 1. The van der Waals surface area contributed by atoms with Crippen molar-refractivity contribution >= 4 is 29.1 Å². The third kappa shape index (κ3) is 2.89. The smallest absolute Gasteiger partial charge is 0.247 e. The van der Waals surface area contributed by atoms with Crippen molar-refractivity contribution in [2.45, 2.75) is 11.5 Å². The quantitative estimate of drug-likeness (QED) is 0.573. The molecule has 0 saturated heterocycles. The van der Waals surface area contributed by atoms with E-state index in [1.807, 2.05) is 0 Å². The second kappa shape index (κ2) is 3.93. The third-order valence-electron chi connectivity index (χ3n) is 0.782. The first kappa shape index (κ1) is 9.01. The van der Waals surface area contributed by atoms with Crippen molar-refractivity contribution in [2.75, 3.05) is 5.88 Å². The third-order valence-corrected chi connectivity index (χ3v) is 1.66. The minimum atomic E-state index is -1.34. The Kier molecular flexibility index (Phi) is 3.93. The van der Waals surface area contributed by atoms with E-state index in [1.54, 1.807) is 0 Å². The van der Waals surface area contributed by atoms with Gasteiger partial charge in [0.25, 0.3) is 0 Å². The fraction of sp³-hybridized carbons (Fsp3) is 0.750. The number of amides is 1. The molecule has 3 N–H and O–H groups in total. The molecular weight excluding hydrogens is 165 g/mol. The topological polar surface area (TPSA) is 63.3 Å². The number of nitrogens with two attached hydrogens (primary N) is 1. The fourth-order valence-electron chi connectivity index (χ4n) is 0.263. The molecule has 54 valence electrons. The summed E-state index contributed by atoms with van der Waals surface area (Å²) in [6, 6.07) is 0. The minimum Gasteiger partial charge on any atom is -0.382 e. The lowest BCUT2D eigenvalue weighted by Gasteiger charge is -2.08. The zero-order chi connectivity index (χ0) is 7.44. The molecule has 1 amide bonds. The van der Waals surface area contributed by atoms with Crippen LogP contribution < -0.4 is 5.73 Å². The highest BCUT2D eigenvalue weighted by atomic mass is 35.5. The van der Waals surface area contributed by atoms with Gasteiger partial charge in [-0.15, -0.1) is 23.2 Å². The van der Waals surface area contributed by atoms with Crippen molar-refractivity contribution < 1.29 is 9.90 Å². The molecule has 0 aliphatic rings. The largest absolute Gasteiger partial charge is 0.382 e. The number of carbonyl (C=O) groups excluding carboxylic acids is 1. The summed E-state index contributed by atoms with van der Waals surface area (Å²) in [5, 5.41) is 7.92. The number of halogens is 2. The summed E-state index contributed by atoms with van der Waals surface area (Å²) in [7, 11) is 0. The van der Waals surface area contributed by atoms with Crippen molar-refractivity contribution in [2.24, 2.45) is 5.73 Å². The van der Waals surface area contributed by atoms with Gasteiger partial charge in [-0.05, 0) is 0 Å². The summed E-state index contributed by atoms with van der Waals surface area (Å²) >= 11 is 10.5. The van der Waals surface area contributed by atoms with Gasteiger partial charge in [-0.2, -0.15) is 0 Å². The highest BCUT2D eigenvalue weighted by Crippen LogP contribution is 2.03. The summed E-state index contributed by atoms with van der Waals surface area (Å²) in [4.78, 5) is 10.1. The monoisotopic (exact) mass is 171 g/mol. The summed E-state index contributed by atoms with van der Waals surface area (Å²) in [5.41, 5.74) is 4.68. The molecule has 0 rings (SSSR count). The molecule has 0 saturated carbocycles. The maximum absolute atomic E-state index is 10.1. The molecule has 2 atom stereocenters. The van der Waals surface area contributed by atoms with Crippen LogP contribution in [0, 0.1) is 0 Å². The highest BCUT2D eigenvalue weighted by molar-refractivity contribution is 6.29. The van der Waals surface area contributed by atoms with Crippen molar-refractivity contribution in [3.05, 3.63) is 0 Å². The molecule has 0 aromatic rings. The van der Waals surface area contributed by atoms with Crippen molar-refractivity contribution in [3.63, 3.8) is 0 Å². The molecule has 0 radical (unpaired) electrons. The maximum atomic E-state index is 10.1. The van der Waals surface area contributed by atoms with Crippen LogP contribution in [0.3, 0.4) is 0 Å². The molecule has 0 bridgehead atoms. The van der Waals surface area contributed by atoms with Crippen molar-refractivity contribution in [1.82, 2.24) is 0 Å². The van der Waals surface area contributed by atoms with Gasteiger partial charge in [0.05, 0.1) is 5.38 Å². The van der Waals surface area contributed by atoms with E-state index in [0.717, 1.165) is 0 Å². The van der Waals surface area contributed by atoms with Crippen molar-refractivity contribution in [3.8, 4) is 0 Å². The van der Waals surface area contributed by atoms with Crippen LogP contribution in [0.25, 0.3) is 0 Å². The fourth-order valence-corrected chi connectivity index (χ4v) is 0.556. The lowest BCUT2D eigenvalue weighted by molar-refractivity contribution is -0.125. The normalized spacial score (nSPS) is 16.8. The molecular formula is C4H7Cl2NO2. The van der Waals surface area contributed by atoms with E-state index in [1.165, 1.54) is 0 Å². The van der Waals surface area contributed by atoms with Crippen LogP contribution in [0.1, 0.15) is 0 Å². The van der Waals surface area contributed by atoms with E-state index in [9.17, 15) is 4.79 Å². The van der Waals surface area contributed by atoms with Gasteiger partial charge in [-0.1, -0.05) is 0 Å². The van der Waals surface area contributed by atoms with Crippen LogP contribution >= 0.6 is 23.2 Å². The molecule has 0 fully saturated rings. The Balaban J connectivity index is 3.72. The van der Waals surface area contributed by atoms with E-state index >= 15 is 0 Å². The first-order valence-electron chi connectivity index (χ1n) is 2.27. The number of aliphatic hydroxyl groups is 1. The van der Waals surface area contributed by atoms with Crippen molar-refractivity contribution in [1.29, 1.82) is 0 Å². The molecule has 0 spiro atoms. The van der Waals surface area contributed by atoms with Gasteiger partial charge in [0, 0.05) is 5.88 Å². The first-order chi connectivity index (χ1) is 4.09. The van der Waals surface area contributed by atoms with Gasteiger partial charge < -0.3 is 10.8 Å². The Morgan fingerprint density at radius 1 is 1.78 bits per heavy atom. The zero-order valence-electron chi connectivity index (χ0n) is 4.55. The Labute approximate surface area is 62.7 Å². The first-order valence-corrected chi connectivity index (χ1v) is 3.24. The Hall–Kier alpha value is 0.01000. The molecule has 9 heavy (non-hydrogen) atoms. The molecule has 3 nitrogen and oxygen atoms in total. The van der Waals surface area contributed by atoms with Gasteiger partial charge >= 0.3 is 0 Å². The van der Waals surface area contributed by atoms with Gasteiger partial charge in [-0.25, -0.2) is 0 Å². The number of carbonyl (C=O) groups is 1. The highest BCUT2D eigenvalue weighted by Gasteiger charge is 2.20. The minimum absolute atomic E-state index is 0.00562. The predicted octanol–water partition coefficient (Wildman–Crippen LogP) is -0.321. The molecule has 0 heterocycles. The molecule has 0 aliphatic carbocycles. The number of hydrogen-bond donors (Lipinski definition) is 2. The Morgan fingerprint density at radius 2 is 2.22 bits per heavy atom. The lowest BCUT2D eigenvalue weighted by Crippen LogP contribution is -2.36. The molecule has 0 aliphatic heterocycles. The Morgan fingerprint density at radius 3 is 2.33 bits per heavy atom. The standard InChI is InChI=1S/C4H7Cl2NO2/c5-1-2(6)3(8)4(7)9/h2-3,8H,1H2,(H2,7,9)/t2-,3-/m1/s1. The predicted molar refractivity (Wildman–Crippen MR) is 35.6 cm³/mol. The van der Waals surface area contributed by atoms with Crippen LogP contribution in [0.15, 0.2) is 0 Å². The summed E-state index contributed by atoms with van der Waals surface area (Å²) < 4.78 is 0. The number of primary amides is 1. The number of alkyl halides is 2. The van der Waals surface area contributed by atoms with Gasteiger partial charge in [-0.3, -0.25) is 4.79 Å². The van der Waals surface area contributed by atoms with E-state index in [0.29, 0.717) is 0 Å². The molecule has 0 aromatic heterocycles. The second-order valence-corrected chi connectivity index (χ2v) is 2.39. The van der Waals surface area contributed by atoms with E-state index < -0.39 is 17.4 Å². The van der Waals surface area contributed by atoms with E-state index in [2.05, 4.69) is 5.73 Å². The average molecular weight is 172 g/mol. The summed E-state index contributed by atoms with van der Waals surface area (Å²) in [5.74, 6) is -0.846. The number of hydrogen-bond acceptors (Lipinski definition) is 2. The van der Waals surface area contributed by atoms with Gasteiger partial charge in [0.2, 0.25) is 5.91 Å². The van der Waals surface area contributed by atoms with Crippen LogP contribution in [-0.2, 0) is 4.79 Å². The molecule has 5 heteroatoms. The van der Waals surface area contributed by atoms with Crippen LogP contribution in [-0.4, -0.2) is 28.4 Å². The Bertz CT molecular complexity index is 109. The van der Waals surface area contributed by atoms with Gasteiger partial charge in [0.1, 0.15) is 6.10 Å². The van der Waals surface area contributed by atoms with Gasteiger partial charge in [0.15, 0.2) is 0 Å². The van der Waals surface area contributed by atoms with Crippen LogP contribution in [0.5, 0.6) is 0 Å². The SMILES string of the molecule is NC(=O)[C@H](O)[C@H](Cl)CCl. The summed E-state index contributed by atoms with van der Waals surface area (Å²) in [6.07, 6.45) is -1.34. The van der Waals surface area contributed by atoms with E-state index in [4.69, 9.17) is 28.3 Å². The zero-order valence-corrected chi connectivity index (χ0v) is 6.06. The molecule has 0 unspecified atom stereocenters. The maximum Gasteiger partial charge on any atom is 0.247 e. The van der Waals surface area contributed by atoms with Crippen LogP contribution in [0.2, 0.25) is 0 Å². The van der Waals surface area contributed by atoms with E-state index in [-0.39, 0.29) is 5.88 Å². The second-order valence-electron chi connectivity index (χ2n) is 1.52.